The first-order chi connectivity index (χ1) is 12.5. The number of anilines is 2. The van der Waals surface area contributed by atoms with Gasteiger partial charge >= 0.3 is 5.97 Å². The number of carbonyl (C=O) groups excluding carboxylic acids is 2. The Morgan fingerprint density at radius 3 is 2.58 bits per heavy atom. The van der Waals surface area contributed by atoms with E-state index in [1.807, 2.05) is 0 Å². The van der Waals surface area contributed by atoms with E-state index in [9.17, 15) is 14.0 Å². The molecule has 0 aliphatic heterocycles. The summed E-state index contributed by atoms with van der Waals surface area (Å²) in [4.78, 5) is 23.8. The summed E-state index contributed by atoms with van der Waals surface area (Å²) in [7, 11) is 0. The molecule has 0 saturated carbocycles. The van der Waals surface area contributed by atoms with E-state index in [0.717, 1.165) is 0 Å². The van der Waals surface area contributed by atoms with Crippen molar-refractivity contribution in [3.8, 4) is 6.07 Å². The van der Waals surface area contributed by atoms with Gasteiger partial charge in [-0.3, -0.25) is 4.79 Å². The van der Waals surface area contributed by atoms with E-state index in [0.29, 0.717) is 16.9 Å². The second kappa shape index (κ2) is 8.99. The standard InChI is InChI=1S/C19H16FN3O3/c1-2-26-19(25)14(11-21)12-22-17-5-3-4-13(10-17)18(24)23-16-8-6-15(20)7-9-16/h3-10,12,22H,2H2,1H3,(H,23,24)/b14-12-. The maximum absolute atomic E-state index is 12.9. The summed E-state index contributed by atoms with van der Waals surface area (Å²) >= 11 is 0. The van der Waals surface area contributed by atoms with Gasteiger partial charge in [0.15, 0.2) is 5.57 Å². The summed E-state index contributed by atoms with van der Waals surface area (Å²) in [6.45, 7) is 1.81. The Bertz CT molecular complexity index is 870. The first-order valence-electron chi connectivity index (χ1n) is 7.74. The van der Waals surface area contributed by atoms with Crippen LogP contribution in [0.2, 0.25) is 0 Å². The van der Waals surface area contributed by atoms with Crippen LogP contribution in [-0.4, -0.2) is 18.5 Å². The van der Waals surface area contributed by atoms with Gasteiger partial charge in [0, 0.05) is 23.1 Å². The lowest BCUT2D eigenvalue weighted by Crippen LogP contribution is -2.12. The fourth-order valence-corrected chi connectivity index (χ4v) is 1.99. The summed E-state index contributed by atoms with van der Waals surface area (Å²) in [6, 6.07) is 13.6. The van der Waals surface area contributed by atoms with Crippen LogP contribution in [0, 0.1) is 17.1 Å². The van der Waals surface area contributed by atoms with E-state index >= 15 is 0 Å². The van der Waals surface area contributed by atoms with Crippen LogP contribution in [0.15, 0.2) is 60.3 Å². The smallest absolute Gasteiger partial charge is 0.350 e. The fraction of sp³-hybridized carbons (Fsp3) is 0.105. The number of hydrogen-bond donors (Lipinski definition) is 2. The van der Waals surface area contributed by atoms with Crippen LogP contribution in [0.3, 0.4) is 0 Å². The van der Waals surface area contributed by atoms with Gasteiger partial charge in [-0.05, 0) is 49.4 Å². The third-order valence-corrected chi connectivity index (χ3v) is 3.23. The van der Waals surface area contributed by atoms with Gasteiger partial charge in [-0.1, -0.05) is 6.07 Å². The third-order valence-electron chi connectivity index (χ3n) is 3.23. The van der Waals surface area contributed by atoms with E-state index in [1.165, 1.54) is 30.5 Å². The molecule has 132 valence electrons. The zero-order valence-corrected chi connectivity index (χ0v) is 14.0. The molecule has 2 aromatic rings. The molecule has 26 heavy (non-hydrogen) atoms. The summed E-state index contributed by atoms with van der Waals surface area (Å²) in [5.74, 6) is -1.50. The molecule has 0 bridgehead atoms. The highest BCUT2D eigenvalue weighted by atomic mass is 19.1. The molecule has 0 atom stereocenters. The topological polar surface area (TPSA) is 91.2 Å². The van der Waals surface area contributed by atoms with Gasteiger partial charge in [-0.15, -0.1) is 0 Å². The highest BCUT2D eigenvalue weighted by molar-refractivity contribution is 6.04. The molecule has 0 fully saturated rings. The monoisotopic (exact) mass is 353 g/mol. The summed E-state index contributed by atoms with van der Waals surface area (Å²) in [6.07, 6.45) is 1.22. The second-order valence-electron chi connectivity index (χ2n) is 5.08. The Kier molecular flexibility index (Phi) is 6.46. The highest BCUT2D eigenvalue weighted by Crippen LogP contribution is 2.14. The van der Waals surface area contributed by atoms with Crippen molar-refractivity contribution in [2.45, 2.75) is 6.92 Å². The maximum atomic E-state index is 12.9. The number of amides is 1. The molecule has 0 aliphatic carbocycles. The molecule has 7 heteroatoms. The zero-order valence-electron chi connectivity index (χ0n) is 14.0. The van der Waals surface area contributed by atoms with Gasteiger partial charge in [0.05, 0.1) is 6.61 Å². The number of carbonyl (C=O) groups is 2. The molecular weight excluding hydrogens is 337 g/mol. The zero-order chi connectivity index (χ0) is 18.9. The van der Waals surface area contributed by atoms with Gasteiger partial charge < -0.3 is 15.4 Å². The maximum Gasteiger partial charge on any atom is 0.350 e. The Labute approximate surface area is 149 Å². The number of nitriles is 1. The molecule has 6 nitrogen and oxygen atoms in total. The molecule has 0 aromatic heterocycles. The minimum atomic E-state index is -0.729. The molecule has 0 aliphatic rings. The molecule has 0 saturated heterocycles. The third kappa shape index (κ3) is 5.18. The van der Waals surface area contributed by atoms with Crippen LogP contribution in [0.25, 0.3) is 0 Å². The van der Waals surface area contributed by atoms with Crippen molar-refractivity contribution in [1.82, 2.24) is 0 Å². The minimum Gasteiger partial charge on any atom is -0.462 e. The highest BCUT2D eigenvalue weighted by Gasteiger charge is 2.10. The largest absolute Gasteiger partial charge is 0.462 e. The van der Waals surface area contributed by atoms with Crippen LogP contribution in [0.4, 0.5) is 15.8 Å². The van der Waals surface area contributed by atoms with Gasteiger partial charge in [-0.25, -0.2) is 9.18 Å². The summed E-state index contributed by atoms with van der Waals surface area (Å²) in [5, 5.41) is 14.4. The van der Waals surface area contributed by atoms with E-state index in [1.54, 1.807) is 37.3 Å². The average Bonchev–Trinajstić information content (AvgIpc) is 2.64. The number of nitrogens with zero attached hydrogens (tertiary/aromatic N) is 1. The SMILES string of the molecule is CCOC(=O)/C(C#N)=C\Nc1cccc(C(=O)Nc2ccc(F)cc2)c1. The lowest BCUT2D eigenvalue weighted by molar-refractivity contribution is -0.138. The number of benzene rings is 2. The normalized spacial score (nSPS) is 10.6. The Morgan fingerprint density at radius 2 is 1.92 bits per heavy atom. The molecule has 0 spiro atoms. The molecule has 2 N–H and O–H groups in total. The van der Waals surface area contributed by atoms with Crippen LogP contribution in [0.1, 0.15) is 17.3 Å². The Hall–Kier alpha value is -3.66. The first-order valence-corrected chi connectivity index (χ1v) is 7.74. The number of halogens is 1. The molecule has 1 amide bonds. The minimum absolute atomic E-state index is 0.164. The lowest BCUT2D eigenvalue weighted by Gasteiger charge is -2.07. The summed E-state index contributed by atoms with van der Waals surface area (Å²) in [5.41, 5.74) is 1.13. The lowest BCUT2D eigenvalue weighted by atomic mass is 10.2. The van der Waals surface area contributed by atoms with Crippen molar-refractivity contribution in [2.75, 3.05) is 17.2 Å². The average molecular weight is 353 g/mol. The number of nitrogens with one attached hydrogen (secondary N) is 2. The van der Waals surface area contributed by atoms with E-state index < -0.39 is 11.8 Å². The molecule has 0 heterocycles. The molecule has 2 rings (SSSR count). The van der Waals surface area contributed by atoms with Crippen molar-refractivity contribution in [3.05, 3.63) is 71.7 Å². The summed E-state index contributed by atoms with van der Waals surface area (Å²) < 4.78 is 17.7. The second-order valence-corrected chi connectivity index (χ2v) is 5.08. The van der Waals surface area contributed by atoms with Crippen molar-refractivity contribution >= 4 is 23.3 Å². The Morgan fingerprint density at radius 1 is 1.19 bits per heavy atom. The fourth-order valence-electron chi connectivity index (χ4n) is 1.99. The predicted molar refractivity (Wildman–Crippen MR) is 94.7 cm³/mol. The number of ether oxygens (including phenoxy) is 1. The first kappa shape index (κ1) is 18.7. The predicted octanol–water partition coefficient (Wildman–Crippen LogP) is 3.46. The van der Waals surface area contributed by atoms with E-state index in [4.69, 9.17) is 10.00 Å². The van der Waals surface area contributed by atoms with Crippen molar-refractivity contribution in [3.63, 3.8) is 0 Å². The number of rotatable bonds is 6. The van der Waals surface area contributed by atoms with Crippen molar-refractivity contribution in [1.29, 1.82) is 5.26 Å². The van der Waals surface area contributed by atoms with Crippen LogP contribution in [0.5, 0.6) is 0 Å². The van der Waals surface area contributed by atoms with E-state index in [-0.39, 0.29) is 18.1 Å². The van der Waals surface area contributed by atoms with Gasteiger partial charge in [0.2, 0.25) is 0 Å². The van der Waals surface area contributed by atoms with Gasteiger partial charge in [-0.2, -0.15) is 5.26 Å². The Balaban J connectivity index is 2.09. The number of hydrogen-bond acceptors (Lipinski definition) is 5. The van der Waals surface area contributed by atoms with Gasteiger partial charge in [0.1, 0.15) is 11.9 Å². The molecule has 2 aromatic carbocycles. The molecule has 0 radical (unpaired) electrons. The van der Waals surface area contributed by atoms with Crippen LogP contribution < -0.4 is 10.6 Å². The number of esters is 1. The van der Waals surface area contributed by atoms with Crippen LogP contribution >= 0.6 is 0 Å². The van der Waals surface area contributed by atoms with Crippen molar-refractivity contribution < 1.29 is 18.7 Å². The molecule has 0 unspecified atom stereocenters. The van der Waals surface area contributed by atoms with Crippen LogP contribution in [-0.2, 0) is 9.53 Å². The molecular formula is C19H16FN3O3. The van der Waals surface area contributed by atoms with Crippen molar-refractivity contribution in [2.24, 2.45) is 0 Å². The van der Waals surface area contributed by atoms with E-state index in [2.05, 4.69) is 10.6 Å². The van der Waals surface area contributed by atoms with Gasteiger partial charge in [0.25, 0.3) is 5.91 Å². The quantitative estimate of drug-likeness (QED) is 0.471.